The highest BCUT2D eigenvalue weighted by atomic mass is 16.7. The topological polar surface area (TPSA) is 100 Å². The number of amides is 2. The molecule has 8 aliphatic rings. The zero-order chi connectivity index (χ0) is 29.6. The van der Waals surface area contributed by atoms with Crippen LogP contribution in [-0.2, 0) is 23.7 Å². The molecule has 2 spiro atoms. The van der Waals surface area contributed by atoms with Gasteiger partial charge in [-0.3, -0.25) is 4.79 Å². The average molecular weight is 597 g/mol. The lowest BCUT2D eigenvalue weighted by molar-refractivity contribution is -0.205. The van der Waals surface area contributed by atoms with Crippen LogP contribution in [0.4, 0.5) is 4.79 Å². The molecule has 2 heterocycles. The fourth-order valence-electron chi connectivity index (χ4n) is 12.1. The van der Waals surface area contributed by atoms with E-state index in [1.165, 1.54) is 69.8 Å². The largest absolute Gasteiger partial charge is 0.447 e. The maximum Gasteiger partial charge on any atom is 0.404 e. The molecule has 0 bridgehead atoms. The molecule has 0 aromatic carbocycles. The number of fused-ring (bicyclic) bond motifs is 4. The fourth-order valence-corrected chi connectivity index (χ4v) is 12.1. The number of nitrogens with two attached hydrogens (primary N) is 1. The summed E-state index contributed by atoms with van der Waals surface area (Å²) in [7, 11) is 0. The molecule has 8 rings (SSSR count). The van der Waals surface area contributed by atoms with Gasteiger partial charge in [0.25, 0.3) is 0 Å². The molecular weight excluding hydrogens is 544 g/mol. The van der Waals surface area contributed by atoms with Gasteiger partial charge in [0.05, 0.1) is 31.5 Å². The monoisotopic (exact) mass is 596 g/mol. The summed E-state index contributed by atoms with van der Waals surface area (Å²) < 4.78 is 24.6. The third kappa shape index (κ3) is 4.54. The Hall–Kier alpha value is -1.64. The summed E-state index contributed by atoms with van der Waals surface area (Å²) in [6.45, 7) is 6.92. The first-order valence-corrected chi connectivity index (χ1v) is 17.5. The van der Waals surface area contributed by atoms with Crippen molar-refractivity contribution in [3.63, 3.8) is 0 Å². The smallest absolute Gasteiger partial charge is 0.404 e. The summed E-state index contributed by atoms with van der Waals surface area (Å²) in [4.78, 5) is 26.0. The molecule has 238 valence electrons. The normalized spacial score (nSPS) is 49.3. The van der Waals surface area contributed by atoms with Crippen LogP contribution in [0, 0.1) is 45.8 Å². The maximum atomic E-state index is 12.8. The Balaban J connectivity index is 0.942. The number of hydrogen-bond donors (Lipinski definition) is 1. The van der Waals surface area contributed by atoms with Crippen LogP contribution in [-0.4, -0.2) is 67.8 Å². The van der Waals surface area contributed by atoms with E-state index in [0.29, 0.717) is 60.1 Å². The van der Waals surface area contributed by atoms with Crippen molar-refractivity contribution in [1.82, 2.24) is 4.90 Å². The molecule has 6 aliphatic carbocycles. The maximum absolute atomic E-state index is 12.8. The standard InChI is InChI=1S/C35H52N2O6/c1-3-23-24-8-9-25-27-17-29-26(7-6-22(42-29)19-41-32(36)39)33(27,2)12-13-35(25)20-34(24,35)11-10-28(23)43-31-18-37(14-15-40-31)30(38)16-21-4-5-21/h3,21-22,24-29,31H,4-20H2,1-2H3,(H2,36,39)/b23-3-. The van der Waals surface area contributed by atoms with Crippen LogP contribution in [0.3, 0.4) is 0 Å². The first-order valence-electron chi connectivity index (χ1n) is 17.5. The zero-order valence-electron chi connectivity index (χ0n) is 26.3. The van der Waals surface area contributed by atoms with Gasteiger partial charge < -0.3 is 29.6 Å². The number of allylic oxidation sites excluding steroid dienone is 1. The minimum absolute atomic E-state index is 0.0152. The number of rotatable bonds is 6. The van der Waals surface area contributed by atoms with Gasteiger partial charge in [-0.15, -0.1) is 0 Å². The van der Waals surface area contributed by atoms with Crippen molar-refractivity contribution < 1.29 is 28.5 Å². The van der Waals surface area contributed by atoms with Crippen molar-refractivity contribution in [3.05, 3.63) is 11.6 Å². The van der Waals surface area contributed by atoms with Crippen molar-refractivity contribution in [2.45, 2.75) is 122 Å². The number of primary amides is 1. The molecule has 8 heteroatoms. The predicted octanol–water partition coefficient (Wildman–Crippen LogP) is 5.58. The number of carbonyl (C=O) groups is 2. The number of morpholine rings is 1. The van der Waals surface area contributed by atoms with Gasteiger partial charge in [-0.05, 0) is 135 Å². The second kappa shape index (κ2) is 10.4. The van der Waals surface area contributed by atoms with Crippen molar-refractivity contribution in [1.29, 1.82) is 0 Å². The molecule has 11 unspecified atom stereocenters. The van der Waals surface area contributed by atoms with Crippen molar-refractivity contribution in [3.8, 4) is 0 Å². The number of nitrogens with zero attached hydrogens (tertiary/aromatic N) is 1. The molecular formula is C35H52N2O6. The number of ether oxygens (including phenoxy) is 4. The molecule has 2 aliphatic heterocycles. The summed E-state index contributed by atoms with van der Waals surface area (Å²) >= 11 is 0. The van der Waals surface area contributed by atoms with Gasteiger partial charge in [-0.25, -0.2) is 4.79 Å². The molecule has 6 saturated carbocycles. The lowest BCUT2D eigenvalue weighted by Gasteiger charge is -2.56. The first-order chi connectivity index (χ1) is 20.8. The van der Waals surface area contributed by atoms with Crippen molar-refractivity contribution in [2.75, 3.05) is 26.3 Å². The second-order valence-corrected chi connectivity index (χ2v) is 15.9. The molecule has 0 aromatic rings. The Morgan fingerprint density at radius 3 is 2.65 bits per heavy atom. The molecule has 2 N–H and O–H groups in total. The van der Waals surface area contributed by atoms with E-state index >= 15 is 0 Å². The molecule has 2 amide bonds. The van der Waals surface area contributed by atoms with Crippen molar-refractivity contribution >= 4 is 12.0 Å². The minimum Gasteiger partial charge on any atom is -0.447 e. The van der Waals surface area contributed by atoms with E-state index in [1.54, 1.807) is 0 Å². The van der Waals surface area contributed by atoms with E-state index in [4.69, 9.17) is 24.7 Å². The second-order valence-electron chi connectivity index (χ2n) is 15.9. The first kappa shape index (κ1) is 28.8. The lowest BCUT2D eigenvalue weighted by Crippen LogP contribution is -2.51. The van der Waals surface area contributed by atoms with Gasteiger partial charge in [0.2, 0.25) is 5.91 Å². The van der Waals surface area contributed by atoms with Gasteiger partial charge in [-0.1, -0.05) is 13.0 Å². The highest BCUT2D eigenvalue weighted by Gasteiger charge is 2.79. The molecule has 2 saturated heterocycles. The Morgan fingerprint density at radius 2 is 1.86 bits per heavy atom. The third-order valence-corrected chi connectivity index (χ3v) is 14.3. The van der Waals surface area contributed by atoms with E-state index in [2.05, 4.69) is 19.9 Å². The van der Waals surface area contributed by atoms with E-state index in [1.807, 2.05) is 4.90 Å². The van der Waals surface area contributed by atoms with Gasteiger partial charge in [0.15, 0.2) is 6.29 Å². The van der Waals surface area contributed by atoms with Crippen molar-refractivity contribution in [2.24, 2.45) is 51.6 Å². The van der Waals surface area contributed by atoms with Gasteiger partial charge in [-0.2, -0.15) is 0 Å². The quantitative estimate of drug-likeness (QED) is 0.402. The summed E-state index contributed by atoms with van der Waals surface area (Å²) in [6.07, 6.45) is 17.1. The molecule has 0 aromatic heterocycles. The minimum atomic E-state index is -0.705. The average Bonchev–Trinajstić information content (AvgIpc) is 3.91. The van der Waals surface area contributed by atoms with E-state index in [9.17, 15) is 9.59 Å². The number of hydrogen-bond acceptors (Lipinski definition) is 6. The van der Waals surface area contributed by atoms with Crippen LogP contribution in [0.1, 0.15) is 97.3 Å². The Kier molecular flexibility index (Phi) is 7.00. The summed E-state index contributed by atoms with van der Waals surface area (Å²) in [5.74, 6) is 3.64. The Labute approximate surface area is 256 Å². The lowest BCUT2D eigenvalue weighted by atomic mass is 9.49. The highest BCUT2D eigenvalue weighted by molar-refractivity contribution is 5.76. The van der Waals surface area contributed by atoms with Crippen LogP contribution < -0.4 is 5.73 Å². The molecule has 43 heavy (non-hydrogen) atoms. The van der Waals surface area contributed by atoms with Gasteiger partial charge in [0, 0.05) is 13.0 Å². The van der Waals surface area contributed by atoms with Crippen LogP contribution in [0.15, 0.2) is 11.6 Å². The molecule has 8 fully saturated rings. The third-order valence-electron chi connectivity index (χ3n) is 14.3. The summed E-state index contributed by atoms with van der Waals surface area (Å²) in [5, 5.41) is 0. The van der Waals surface area contributed by atoms with Crippen LogP contribution >= 0.6 is 0 Å². The summed E-state index contributed by atoms with van der Waals surface area (Å²) in [6, 6.07) is 0. The van der Waals surface area contributed by atoms with Crippen LogP contribution in [0.5, 0.6) is 0 Å². The molecule has 8 nitrogen and oxygen atoms in total. The van der Waals surface area contributed by atoms with Gasteiger partial charge >= 0.3 is 6.09 Å². The van der Waals surface area contributed by atoms with E-state index < -0.39 is 6.09 Å². The predicted molar refractivity (Wildman–Crippen MR) is 160 cm³/mol. The van der Waals surface area contributed by atoms with E-state index in [-0.39, 0.29) is 37.1 Å². The number of carbonyl (C=O) groups excluding carboxylic acids is 2. The van der Waals surface area contributed by atoms with E-state index in [0.717, 1.165) is 24.7 Å². The molecule has 11 atom stereocenters. The van der Waals surface area contributed by atoms with Gasteiger partial charge in [0.1, 0.15) is 6.61 Å². The summed E-state index contributed by atoms with van der Waals surface area (Å²) in [5.41, 5.74) is 8.03. The Morgan fingerprint density at radius 1 is 1.02 bits per heavy atom. The highest BCUT2D eigenvalue weighted by Crippen LogP contribution is 2.86. The zero-order valence-corrected chi connectivity index (χ0v) is 26.3. The SMILES string of the molecule is C/C=C1\C(OC2CN(C(=O)CC3CC3)CCO2)CCC23CC24CCC2(C)C5CCC(COC(N)=O)OC5CC2C4CCC13. The molecule has 0 radical (unpaired) electrons. The fraction of sp³-hybridized carbons (Fsp3) is 0.886. The van der Waals surface area contributed by atoms with Crippen LogP contribution in [0.2, 0.25) is 0 Å². The van der Waals surface area contributed by atoms with Crippen LogP contribution in [0.25, 0.3) is 0 Å². The Bertz CT molecular complexity index is 1170.